The standard InChI is InChI=1S/C11H19N3O3S2/c1-11(2,3)14-10(15)13-7-6-8-4-5-9(18-8)19(12,16)17/h4-5H,6-7H2,1-3H3,(H2,12,16,17)(H2,13,14,15). The van der Waals surface area contributed by atoms with Crippen molar-refractivity contribution in [3.8, 4) is 0 Å². The lowest BCUT2D eigenvalue weighted by Gasteiger charge is -2.20. The van der Waals surface area contributed by atoms with Crippen molar-refractivity contribution in [2.24, 2.45) is 5.14 Å². The van der Waals surface area contributed by atoms with Crippen LogP contribution in [0.4, 0.5) is 4.79 Å². The number of hydrogen-bond donors (Lipinski definition) is 3. The van der Waals surface area contributed by atoms with Gasteiger partial charge in [0.25, 0.3) is 0 Å². The summed E-state index contributed by atoms with van der Waals surface area (Å²) in [5.74, 6) is 0. The third-order valence-electron chi connectivity index (χ3n) is 2.06. The van der Waals surface area contributed by atoms with Crippen LogP contribution < -0.4 is 15.8 Å². The molecule has 0 saturated heterocycles. The zero-order chi connectivity index (χ0) is 14.7. The lowest BCUT2D eigenvalue weighted by atomic mass is 10.1. The van der Waals surface area contributed by atoms with Crippen molar-refractivity contribution >= 4 is 27.4 Å². The molecule has 1 heterocycles. The number of urea groups is 1. The molecule has 1 rings (SSSR count). The van der Waals surface area contributed by atoms with Gasteiger partial charge in [-0.1, -0.05) is 0 Å². The molecule has 2 amide bonds. The molecule has 108 valence electrons. The second-order valence-corrected chi connectivity index (χ2v) is 8.10. The number of amides is 2. The van der Waals surface area contributed by atoms with Gasteiger partial charge in [-0.2, -0.15) is 0 Å². The van der Waals surface area contributed by atoms with E-state index in [1.54, 1.807) is 6.07 Å². The first-order chi connectivity index (χ1) is 8.58. The number of primary sulfonamides is 1. The summed E-state index contributed by atoms with van der Waals surface area (Å²) in [6.45, 7) is 6.12. The first kappa shape index (κ1) is 15.9. The number of rotatable bonds is 4. The van der Waals surface area contributed by atoms with Crippen molar-refractivity contribution in [2.45, 2.75) is 36.9 Å². The minimum Gasteiger partial charge on any atom is -0.338 e. The van der Waals surface area contributed by atoms with E-state index in [0.717, 1.165) is 16.2 Å². The van der Waals surface area contributed by atoms with Gasteiger partial charge in [-0.05, 0) is 39.3 Å². The molecule has 0 aliphatic carbocycles. The van der Waals surface area contributed by atoms with Gasteiger partial charge in [0.2, 0.25) is 10.0 Å². The van der Waals surface area contributed by atoms with Gasteiger partial charge in [-0.15, -0.1) is 11.3 Å². The van der Waals surface area contributed by atoms with Gasteiger partial charge in [0.1, 0.15) is 4.21 Å². The molecule has 0 fully saturated rings. The first-order valence-electron chi connectivity index (χ1n) is 5.75. The van der Waals surface area contributed by atoms with Crippen LogP contribution in [-0.2, 0) is 16.4 Å². The highest BCUT2D eigenvalue weighted by molar-refractivity contribution is 7.91. The highest BCUT2D eigenvalue weighted by atomic mass is 32.2. The molecule has 8 heteroatoms. The summed E-state index contributed by atoms with van der Waals surface area (Å²) in [6.07, 6.45) is 0.567. The SMILES string of the molecule is CC(C)(C)NC(=O)NCCc1ccc(S(N)(=O)=O)s1. The van der Waals surface area contributed by atoms with Crippen LogP contribution in [0.5, 0.6) is 0 Å². The number of hydrogen-bond acceptors (Lipinski definition) is 4. The Labute approximate surface area is 117 Å². The Bertz CT molecular complexity index is 544. The van der Waals surface area contributed by atoms with Crippen molar-refractivity contribution in [2.75, 3.05) is 6.54 Å². The summed E-state index contributed by atoms with van der Waals surface area (Å²) in [7, 11) is -3.63. The lowest BCUT2D eigenvalue weighted by Crippen LogP contribution is -2.46. The van der Waals surface area contributed by atoms with Crippen LogP contribution in [0.1, 0.15) is 25.6 Å². The largest absolute Gasteiger partial charge is 0.338 e. The average molecular weight is 305 g/mol. The average Bonchev–Trinajstić information content (AvgIpc) is 2.62. The molecule has 19 heavy (non-hydrogen) atoms. The van der Waals surface area contributed by atoms with Gasteiger partial charge in [0.15, 0.2) is 0 Å². The number of carbonyl (C=O) groups is 1. The Kier molecular flexibility index (Phi) is 4.94. The van der Waals surface area contributed by atoms with Crippen LogP contribution in [0.2, 0.25) is 0 Å². The quantitative estimate of drug-likeness (QED) is 0.774. The lowest BCUT2D eigenvalue weighted by molar-refractivity contribution is 0.232. The van der Waals surface area contributed by atoms with E-state index in [1.165, 1.54) is 6.07 Å². The Balaban J connectivity index is 2.42. The highest BCUT2D eigenvalue weighted by Crippen LogP contribution is 2.20. The van der Waals surface area contributed by atoms with Crippen LogP contribution >= 0.6 is 11.3 Å². The van der Waals surface area contributed by atoms with E-state index in [0.29, 0.717) is 13.0 Å². The third kappa shape index (κ3) is 6.04. The van der Waals surface area contributed by atoms with E-state index >= 15 is 0 Å². The predicted octanol–water partition coefficient (Wildman–Crippen LogP) is 1.04. The zero-order valence-corrected chi connectivity index (χ0v) is 12.8. The van der Waals surface area contributed by atoms with Gasteiger partial charge >= 0.3 is 6.03 Å². The summed E-state index contributed by atoms with van der Waals surface area (Å²) in [4.78, 5) is 12.3. The van der Waals surface area contributed by atoms with Crippen LogP contribution in [-0.4, -0.2) is 26.5 Å². The molecule has 0 bridgehead atoms. The number of thiophene rings is 1. The van der Waals surface area contributed by atoms with Gasteiger partial charge in [0.05, 0.1) is 0 Å². The normalized spacial score (nSPS) is 12.2. The van der Waals surface area contributed by atoms with E-state index in [2.05, 4.69) is 10.6 Å². The minimum absolute atomic E-state index is 0.140. The van der Waals surface area contributed by atoms with E-state index < -0.39 is 10.0 Å². The molecule has 0 radical (unpaired) electrons. The zero-order valence-electron chi connectivity index (χ0n) is 11.2. The van der Waals surface area contributed by atoms with Crippen LogP contribution in [0, 0.1) is 0 Å². The topological polar surface area (TPSA) is 101 Å². The van der Waals surface area contributed by atoms with Crippen molar-refractivity contribution in [3.63, 3.8) is 0 Å². The summed E-state index contributed by atoms with van der Waals surface area (Å²) >= 11 is 1.12. The maximum absolute atomic E-state index is 11.5. The number of nitrogens with two attached hydrogens (primary N) is 1. The second-order valence-electron chi connectivity index (χ2n) is 5.15. The van der Waals surface area contributed by atoms with Gasteiger partial charge in [-0.25, -0.2) is 18.4 Å². The molecule has 0 aliphatic rings. The molecule has 1 aromatic rings. The first-order valence-corrected chi connectivity index (χ1v) is 8.12. The van der Waals surface area contributed by atoms with Crippen LogP contribution in [0.3, 0.4) is 0 Å². The Morgan fingerprint density at radius 2 is 2.00 bits per heavy atom. The maximum atomic E-state index is 11.5. The minimum atomic E-state index is -3.63. The monoisotopic (exact) mass is 305 g/mol. The molecule has 0 atom stereocenters. The number of nitrogens with one attached hydrogen (secondary N) is 2. The molecule has 0 aromatic carbocycles. The molecule has 0 spiro atoms. The maximum Gasteiger partial charge on any atom is 0.315 e. The molecule has 0 unspecified atom stereocenters. The molecular formula is C11H19N3O3S2. The summed E-state index contributed by atoms with van der Waals surface area (Å²) in [5, 5.41) is 10.5. The summed E-state index contributed by atoms with van der Waals surface area (Å²) in [5.41, 5.74) is -0.284. The van der Waals surface area contributed by atoms with Crippen LogP contribution in [0.25, 0.3) is 0 Å². The van der Waals surface area contributed by atoms with Crippen molar-refractivity contribution < 1.29 is 13.2 Å². The van der Waals surface area contributed by atoms with E-state index in [1.807, 2.05) is 20.8 Å². The fourth-order valence-corrected chi connectivity index (χ4v) is 3.11. The fraction of sp³-hybridized carbons (Fsp3) is 0.545. The Morgan fingerprint density at radius 1 is 1.37 bits per heavy atom. The Morgan fingerprint density at radius 3 is 2.47 bits per heavy atom. The molecular weight excluding hydrogens is 286 g/mol. The highest BCUT2D eigenvalue weighted by Gasteiger charge is 2.14. The smallest absolute Gasteiger partial charge is 0.315 e. The summed E-state index contributed by atoms with van der Waals surface area (Å²) in [6, 6.07) is 2.94. The van der Waals surface area contributed by atoms with E-state index in [-0.39, 0.29) is 15.8 Å². The van der Waals surface area contributed by atoms with E-state index in [4.69, 9.17) is 5.14 Å². The van der Waals surface area contributed by atoms with Crippen molar-refractivity contribution in [1.82, 2.24) is 10.6 Å². The van der Waals surface area contributed by atoms with Gasteiger partial charge in [0, 0.05) is 17.0 Å². The van der Waals surface area contributed by atoms with Gasteiger partial charge in [-0.3, -0.25) is 0 Å². The molecule has 0 aliphatic heterocycles. The molecule has 6 nitrogen and oxygen atoms in total. The number of sulfonamides is 1. The predicted molar refractivity (Wildman–Crippen MR) is 75.7 cm³/mol. The van der Waals surface area contributed by atoms with Gasteiger partial charge < -0.3 is 10.6 Å². The summed E-state index contributed by atoms with van der Waals surface area (Å²) < 4.78 is 22.3. The van der Waals surface area contributed by atoms with E-state index in [9.17, 15) is 13.2 Å². The Hall–Kier alpha value is -1.12. The van der Waals surface area contributed by atoms with Crippen molar-refractivity contribution in [1.29, 1.82) is 0 Å². The number of carbonyl (C=O) groups excluding carboxylic acids is 1. The van der Waals surface area contributed by atoms with Crippen molar-refractivity contribution in [3.05, 3.63) is 17.0 Å². The molecule has 1 aromatic heterocycles. The third-order valence-corrected chi connectivity index (χ3v) is 4.65. The molecule has 0 saturated carbocycles. The molecule has 4 N–H and O–H groups in total. The fourth-order valence-electron chi connectivity index (χ4n) is 1.33. The van der Waals surface area contributed by atoms with Crippen LogP contribution in [0.15, 0.2) is 16.3 Å². The second kappa shape index (κ2) is 5.89.